The van der Waals surface area contributed by atoms with Crippen molar-refractivity contribution in [3.8, 4) is 0 Å². The van der Waals surface area contributed by atoms with Crippen LogP contribution in [0.5, 0.6) is 0 Å². The van der Waals surface area contributed by atoms with Crippen LogP contribution in [0.3, 0.4) is 0 Å². The second-order valence-electron chi connectivity index (χ2n) is 4.97. The molecule has 0 aromatic heterocycles. The Morgan fingerprint density at radius 3 is 2.58 bits per heavy atom. The number of halogens is 2. The predicted molar refractivity (Wildman–Crippen MR) is 81.8 cm³/mol. The van der Waals surface area contributed by atoms with Crippen molar-refractivity contribution in [3.63, 3.8) is 0 Å². The Morgan fingerprint density at radius 1 is 1.47 bits per heavy atom. The third kappa shape index (κ3) is 4.68. The molecular formula is C13H18FIN2O2. The maximum absolute atomic E-state index is 13.6. The molecular weight excluding hydrogens is 362 g/mol. The lowest BCUT2D eigenvalue weighted by Crippen LogP contribution is -2.29. The van der Waals surface area contributed by atoms with Gasteiger partial charge in [0.25, 0.3) is 5.69 Å². The highest BCUT2D eigenvalue weighted by atomic mass is 127. The van der Waals surface area contributed by atoms with Crippen molar-refractivity contribution in [1.82, 2.24) is 5.32 Å². The molecule has 0 aliphatic heterocycles. The summed E-state index contributed by atoms with van der Waals surface area (Å²) in [5.74, 6) is 0.0748. The van der Waals surface area contributed by atoms with Gasteiger partial charge in [-0.05, 0) is 54.5 Å². The molecule has 6 heteroatoms. The molecule has 1 unspecified atom stereocenters. The summed E-state index contributed by atoms with van der Waals surface area (Å²) in [6.07, 6.45) is 1.35. The topological polar surface area (TPSA) is 55.2 Å². The molecule has 0 saturated carbocycles. The number of rotatable bonds is 6. The predicted octanol–water partition coefficient (Wildman–Crippen LogP) is 3.52. The molecule has 19 heavy (non-hydrogen) atoms. The van der Waals surface area contributed by atoms with Crippen molar-refractivity contribution >= 4 is 28.3 Å². The van der Waals surface area contributed by atoms with E-state index in [1.165, 1.54) is 12.1 Å². The average molecular weight is 380 g/mol. The normalized spacial score (nSPS) is 12.7. The van der Waals surface area contributed by atoms with Crippen molar-refractivity contribution < 1.29 is 9.31 Å². The SMILES string of the molecule is CNC(Cc1cc(F)c(I)cc1[N+](=O)[O-])CC(C)C. The third-order valence-electron chi connectivity index (χ3n) is 2.95. The Bertz CT molecular complexity index is 466. The minimum Gasteiger partial charge on any atom is -0.317 e. The van der Waals surface area contributed by atoms with Crippen LogP contribution < -0.4 is 5.32 Å². The summed E-state index contributed by atoms with van der Waals surface area (Å²) in [6.45, 7) is 4.18. The van der Waals surface area contributed by atoms with Crippen LogP contribution in [-0.2, 0) is 6.42 Å². The zero-order valence-electron chi connectivity index (χ0n) is 11.2. The van der Waals surface area contributed by atoms with Gasteiger partial charge in [0.05, 0.1) is 8.49 Å². The minimum atomic E-state index is -0.445. The van der Waals surface area contributed by atoms with E-state index in [2.05, 4.69) is 19.2 Å². The smallest absolute Gasteiger partial charge is 0.273 e. The van der Waals surface area contributed by atoms with Crippen LogP contribution in [-0.4, -0.2) is 18.0 Å². The fourth-order valence-corrected chi connectivity index (χ4v) is 2.50. The third-order valence-corrected chi connectivity index (χ3v) is 3.78. The molecule has 1 N–H and O–H groups in total. The summed E-state index contributed by atoms with van der Waals surface area (Å²) in [5.41, 5.74) is 0.442. The second kappa shape index (κ2) is 7.14. The van der Waals surface area contributed by atoms with Gasteiger partial charge >= 0.3 is 0 Å². The van der Waals surface area contributed by atoms with E-state index < -0.39 is 10.7 Å². The Morgan fingerprint density at radius 2 is 2.11 bits per heavy atom. The highest BCUT2D eigenvalue weighted by Crippen LogP contribution is 2.26. The summed E-state index contributed by atoms with van der Waals surface area (Å²) in [7, 11) is 1.82. The van der Waals surface area contributed by atoms with Crippen molar-refractivity contribution in [1.29, 1.82) is 0 Å². The molecule has 0 spiro atoms. The largest absolute Gasteiger partial charge is 0.317 e. The number of nitrogens with one attached hydrogen (secondary N) is 1. The van der Waals surface area contributed by atoms with E-state index >= 15 is 0 Å². The van der Waals surface area contributed by atoms with Gasteiger partial charge in [-0.3, -0.25) is 10.1 Å². The van der Waals surface area contributed by atoms with Gasteiger partial charge in [0, 0.05) is 17.7 Å². The maximum atomic E-state index is 13.6. The molecule has 0 fully saturated rings. The van der Waals surface area contributed by atoms with Crippen LogP contribution in [0.1, 0.15) is 25.8 Å². The van der Waals surface area contributed by atoms with E-state index in [-0.39, 0.29) is 15.3 Å². The van der Waals surface area contributed by atoms with Gasteiger partial charge in [-0.25, -0.2) is 4.39 Å². The van der Waals surface area contributed by atoms with Crippen LogP contribution in [0.25, 0.3) is 0 Å². The van der Waals surface area contributed by atoms with Gasteiger partial charge in [0.1, 0.15) is 5.82 Å². The lowest BCUT2D eigenvalue weighted by atomic mass is 9.96. The standard InChI is InChI=1S/C13H18FIN2O2/c1-8(2)4-10(16-3)5-9-6-11(14)12(15)7-13(9)17(18)19/h6-8,10,16H,4-5H2,1-3H3. The number of nitro groups is 1. The minimum absolute atomic E-state index is 0.00481. The Kier molecular flexibility index (Phi) is 6.12. The fourth-order valence-electron chi connectivity index (χ4n) is 2.05. The second-order valence-corrected chi connectivity index (χ2v) is 6.13. The summed E-state index contributed by atoms with van der Waals surface area (Å²) < 4.78 is 13.9. The fraction of sp³-hybridized carbons (Fsp3) is 0.538. The molecule has 0 radical (unpaired) electrons. The maximum Gasteiger partial charge on any atom is 0.273 e. The van der Waals surface area contributed by atoms with Crippen molar-refractivity contribution in [2.45, 2.75) is 32.7 Å². The molecule has 1 rings (SSSR count). The van der Waals surface area contributed by atoms with Crippen molar-refractivity contribution in [3.05, 3.63) is 37.2 Å². The van der Waals surface area contributed by atoms with Gasteiger partial charge in [-0.15, -0.1) is 0 Å². The molecule has 1 aromatic carbocycles. The first kappa shape index (κ1) is 16.3. The Hall–Kier alpha value is -0.760. The molecule has 0 bridgehead atoms. The first-order valence-corrected chi connectivity index (χ1v) is 7.22. The highest BCUT2D eigenvalue weighted by molar-refractivity contribution is 14.1. The summed E-state index contributed by atoms with van der Waals surface area (Å²) in [4.78, 5) is 10.6. The number of likely N-dealkylation sites (N-methyl/N-ethyl adjacent to an activating group) is 1. The Balaban J connectivity index is 3.04. The van der Waals surface area contributed by atoms with Crippen molar-refractivity contribution in [2.75, 3.05) is 7.05 Å². The summed E-state index contributed by atoms with van der Waals surface area (Å²) in [6, 6.07) is 2.69. The summed E-state index contributed by atoms with van der Waals surface area (Å²) in [5, 5.41) is 14.2. The van der Waals surface area contributed by atoms with Gasteiger partial charge < -0.3 is 5.32 Å². The first-order chi connectivity index (χ1) is 8.85. The zero-order chi connectivity index (χ0) is 14.6. The lowest BCUT2D eigenvalue weighted by molar-refractivity contribution is -0.385. The van der Waals surface area contributed by atoms with E-state index in [1.54, 1.807) is 22.6 Å². The van der Waals surface area contributed by atoms with E-state index in [0.29, 0.717) is 17.9 Å². The Labute approximate surface area is 126 Å². The van der Waals surface area contributed by atoms with E-state index in [1.807, 2.05) is 7.05 Å². The molecule has 4 nitrogen and oxygen atoms in total. The molecule has 106 valence electrons. The highest BCUT2D eigenvalue weighted by Gasteiger charge is 2.20. The monoisotopic (exact) mass is 380 g/mol. The zero-order valence-corrected chi connectivity index (χ0v) is 13.4. The number of hydrogen-bond acceptors (Lipinski definition) is 3. The van der Waals surface area contributed by atoms with Gasteiger partial charge in [-0.2, -0.15) is 0 Å². The van der Waals surface area contributed by atoms with Crippen LogP contribution in [0, 0.1) is 25.4 Å². The summed E-state index contributed by atoms with van der Waals surface area (Å²) >= 11 is 1.77. The van der Waals surface area contributed by atoms with Crippen LogP contribution in [0.4, 0.5) is 10.1 Å². The van der Waals surface area contributed by atoms with Crippen LogP contribution in [0.2, 0.25) is 0 Å². The molecule has 0 aliphatic rings. The van der Waals surface area contributed by atoms with Gasteiger partial charge in [0.15, 0.2) is 0 Å². The first-order valence-electron chi connectivity index (χ1n) is 6.14. The number of nitro benzene ring substituents is 1. The molecule has 1 atom stereocenters. The molecule has 1 aromatic rings. The quantitative estimate of drug-likeness (QED) is 0.467. The molecule has 0 amide bonds. The van der Waals surface area contributed by atoms with Crippen LogP contribution >= 0.6 is 22.6 Å². The van der Waals surface area contributed by atoms with Crippen LogP contribution in [0.15, 0.2) is 12.1 Å². The molecule has 0 aliphatic carbocycles. The van der Waals surface area contributed by atoms with E-state index in [4.69, 9.17) is 0 Å². The van der Waals surface area contributed by atoms with E-state index in [9.17, 15) is 14.5 Å². The number of hydrogen-bond donors (Lipinski definition) is 1. The van der Waals surface area contributed by atoms with Gasteiger partial charge in [-0.1, -0.05) is 13.8 Å². The lowest BCUT2D eigenvalue weighted by Gasteiger charge is -2.18. The van der Waals surface area contributed by atoms with E-state index in [0.717, 1.165) is 6.42 Å². The molecule has 0 heterocycles. The van der Waals surface area contributed by atoms with Crippen molar-refractivity contribution in [2.24, 2.45) is 5.92 Å². The average Bonchev–Trinajstić information content (AvgIpc) is 2.31. The number of benzene rings is 1. The molecule has 0 saturated heterocycles. The van der Waals surface area contributed by atoms with Gasteiger partial charge in [0.2, 0.25) is 0 Å². The number of nitrogens with zero attached hydrogens (tertiary/aromatic N) is 1.